The first kappa shape index (κ1) is 12.1. The van der Waals surface area contributed by atoms with Gasteiger partial charge in [-0.2, -0.15) is 5.26 Å². The largest absolute Gasteiger partial charge is 0.317 e. The predicted molar refractivity (Wildman–Crippen MR) is 69.9 cm³/mol. The average Bonchev–Trinajstić information content (AvgIpc) is 2.39. The van der Waals surface area contributed by atoms with Gasteiger partial charge >= 0.3 is 0 Å². The standard InChI is InChI=1S/C15H20N2/c1-12(2)13-3-5-14(6-4-13)15(11-16)7-9-17-10-8-15/h3-6,12,17H,7-10H2,1-2H3. The quantitative estimate of drug-likeness (QED) is 0.844. The first-order valence-electron chi connectivity index (χ1n) is 6.40. The number of nitriles is 1. The lowest BCUT2D eigenvalue weighted by atomic mass is 9.74. The van der Waals surface area contributed by atoms with Gasteiger partial charge in [0.15, 0.2) is 0 Å². The van der Waals surface area contributed by atoms with Crippen LogP contribution in [-0.4, -0.2) is 13.1 Å². The second kappa shape index (κ2) is 4.89. The second-order valence-electron chi connectivity index (χ2n) is 5.22. The minimum Gasteiger partial charge on any atom is -0.317 e. The van der Waals surface area contributed by atoms with Gasteiger partial charge in [0.05, 0.1) is 11.5 Å². The summed E-state index contributed by atoms with van der Waals surface area (Å²) in [6.07, 6.45) is 1.84. The summed E-state index contributed by atoms with van der Waals surface area (Å²) in [6, 6.07) is 11.2. The molecule has 1 aliphatic rings. The van der Waals surface area contributed by atoms with Crippen molar-refractivity contribution in [2.24, 2.45) is 0 Å². The van der Waals surface area contributed by atoms with Crippen LogP contribution in [-0.2, 0) is 5.41 Å². The molecule has 0 spiro atoms. The van der Waals surface area contributed by atoms with Crippen LogP contribution in [0.3, 0.4) is 0 Å². The van der Waals surface area contributed by atoms with E-state index in [1.807, 2.05) is 0 Å². The highest BCUT2D eigenvalue weighted by atomic mass is 14.9. The second-order valence-corrected chi connectivity index (χ2v) is 5.22. The number of hydrogen-bond acceptors (Lipinski definition) is 2. The van der Waals surface area contributed by atoms with E-state index in [-0.39, 0.29) is 5.41 Å². The lowest BCUT2D eigenvalue weighted by molar-refractivity contribution is 0.382. The van der Waals surface area contributed by atoms with E-state index in [1.165, 1.54) is 11.1 Å². The minimum atomic E-state index is -0.263. The summed E-state index contributed by atoms with van der Waals surface area (Å²) in [4.78, 5) is 0. The molecule has 1 aliphatic heterocycles. The molecule has 2 nitrogen and oxygen atoms in total. The molecule has 1 saturated heterocycles. The van der Waals surface area contributed by atoms with Crippen LogP contribution < -0.4 is 5.32 Å². The number of nitrogens with one attached hydrogen (secondary N) is 1. The Kier molecular flexibility index (Phi) is 3.49. The molecule has 1 aromatic rings. The number of rotatable bonds is 2. The molecule has 0 bridgehead atoms. The molecule has 0 aliphatic carbocycles. The first-order valence-corrected chi connectivity index (χ1v) is 6.40. The van der Waals surface area contributed by atoms with Crippen LogP contribution in [0.2, 0.25) is 0 Å². The fourth-order valence-electron chi connectivity index (χ4n) is 2.51. The van der Waals surface area contributed by atoms with Crippen molar-refractivity contribution in [2.75, 3.05) is 13.1 Å². The molecular weight excluding hydrogens is 208 g/mol. The summed E-state index contributed by atoms with van der Waals surface area (Å²) in [5.41, 5.74) is 2.27. The summed E-state index contributed by atoms with van der Waals surface area (Å²) in [5.74, 6) is 0.551. The van der Waals surface area contributed by atoms with E-state index in [4.69, 9.17) is 0 Å². The molecule has 1 N–H and O–H groups in total. The highest BCUT2D eigenvalue weighted by Gasteiger charge is 2.33. The molecular formula is C15H20N2. The van der Waals surface area contributed by atoms with Crippen LogP contribution in [0.4, 0.5) is 0 Å². The molecule has 0 aromatic heterocycles. The normalized spacial score (nSPS) is 18.9. The van der Waals surface area contributed by atoms with Gasteiger partial charge in [-0.25, -0.2) is 0 Å². The lowest BCUT2D eigenvalue weighted by Gasteiger charge is -2.31. The Hall–Kier alpha value is -1.33. The van der Waals surface area contributed by atoms with Gasteiger partial charge in [-0.05, 0) is 43.0 Å². The van der Waals surface area contributed by atoms with Gasteiger partial charge in [0.25, 0.3) is 0 Å². The van der Waals surface area contributed by atoms with Crippen molar-refractivity contribution in [2.45, 2.75) is 38.0 Å². The summed E-state index contributed by atoms with van der Waals surface area (Å²) in [6.45, 7) is 6.28. The van der Waals surface area contributed by atoms with Gasteiger partial charge in [-0.3, -0.25) is 0 Å². The SMILES string of the molecule is CC(C)c1ccc(C2(C#N)CCNCC2)cc1. The van der Waals surface area contributed by atoms with Gasteiger partial charge < -0.3 is 5.32 Å². The number of benzene rings is 1. The van der Waals surface area contributed by atoms with E-state index < -0.39 is 0 Å². The number of nitrogens with zero attached hydrogens (tertiary/aromatic N) is 1. The fraction of sp³-hybridized carbons (Fsp3) is 0.533. The van der Waals surface area contributed by atoms with E-state index in [2.05, 4.69) is 49.5 Å². The molecule has 1 fully saturated rings. The Morgan fingerprint density at radius 2 is 1.76 bits per heavy atom. The van der Waals surface area contributed by atoms with Crippen molar-refractivity contribution in [3.8, 4) is 6.07 Å². The monoisotopic (exact) mass is 228 g/mol. The first-order chi connectivity index (χ1) is 8.18. The van der Waals surface area contributed by atoms with Crippen molar-refractivity contribution in [1.29, 1.82) is 5.26 Å². The molecule has 0 radical (unpaired) electrons. The lowest BCUT2D eigenvalue weighted by Crippen LogP contribution is -2.38. The molecule has 0 amide bonds. The van der Waals surface area contributed by atoms with E-state index in [0.29, 0.717) is 5.92 Å². The smallest absolute Gasteiger partial charge is 0.0846 e. The third-order valence-electron chi connectivity index (χ3n) is 3.80. The van der Waals surface area contributed by atoms with Crippen molar-refractivity contribution in [3.63, 3.8) is 0 Å². The highest BCUT2D eigenvalue weighted by molar-refractivity contribution is 5.36. The highest BCUT2D eigenvalue weighted by Crippen LogP contribution is 2.33. The summed E-state index contributed by atoms with van der Waals surface area (Å²) >= 11 is 0. The average molecular weight is 228 g/mol. The van der Waals surface area contributed by atoms with Crippen molar-refractivity contribution < 1.29 is 0 Å². The van der Waals surface area contributed by atoms with Crippen molar-refractivity contribution >= 4 is 0 Å². The Morgan fingerprint density at radius 3 is 2.24 bits per heavy atom. The van der Waals surface area contributed by atoms with Crippen LogP contribution in [0.5, 0.6) is 0 Å². The molecule has 90 valence electrons. The van der Waals surface area contributed by atoms with Gasteiger partial charge in [0.2, 0.25) is 0 Å². The third kappa shape index (κ3) is 2.35. The zero-order valence-electron chi connectivity index (χ0n) is 10.7. The maximum atomic E-state index is 9.50. The van der Waals surface area contributed by atoms with Crippen LogP contribution in [0, 0.1) is 11.3 Å². The zero-order valence-corrected chi connectivity index (χ0v) is 10.7. The maximum Gasteiger partial charge on any atom is 0.0846 e. The molecule has 0 saturated carbocycles. The summed E-state index contributed by atoms with van der Waals surface area (Å²) in [5, 5.41) is 12.8. The molecule has 1 heterocycles. The van der Waals surface area contributed by atoms with E-state index in [1.54, 1.807) is 0 Å². The predicted octanol–water partition coefficient (Wildman–Crippen LogP) is 2.95. The van der Waals surface area contributed by atoms with Crippen LogP contribution >= 0.6 is 0 Å². The van der Waals surface area contributed by atoms with Gasteiger partial charge in [-0.15, -0.1) is 0 Å². The molecule has 2 heteroatoms. The maximum absolute atomic E-state index is 9.50. The third-order valence-corrected chi connectivity index (χ3v) is 3.80. The fourth-order valence-corrected chi connectivity index (χ4v) is 2.51. The van der Waals surface area contributed by atoms with Gasteiger partial charge in [0, 0.05) is 0 Å². The number of piperidine rings is 1. The van der Waals surface area contributed by atoms with Crippen LogP contribution in [0.1, 0.15) is 43.7 Å². The minimum absolute atomic E-state index is 0.263. The van der Waals surface area contributed by atoms with Gasteiger partial charge in [0.1, 0.15) is 0 Å². The summed E-state index contributed by atoms with van der Waals surface area (Å²) < 4.78 is 0. The Morgan fingerprint density at radius 1 is 1.18 bits per heavy atom. The molecule has 0 atom stereocenters. The Labute approximate surface area is 104 Å². The molecule has 17 heavy (non-hydrogen) atoms. The summed E-state index contributed by atoms with van der Waals surface area (Å²) in [7, 11) is 0. The van der Waals surface area contributed by atoms with E-state index in [0.717, 1.165) is 25.9 Å². The Bertz CT molecular complexity index is 406. The van der Waals surface area contributed by atoms with Crippen LogP contribution in [0.25, 0.3) is 0 Å². The Balaban J connectivity index is 2.29. The molecule has 2 rings (SSSR count). The molecule has 0 unspecified atom stereocenters. The van der Waals surface area contributed by atoms with Gasteiger partial charge in [-0.1, -0.05) is 38.1 Å². The topological polar surface area (TPSA) is 35.8 Å². The van der Waals surface area contributed by atoms with Crippen molar-refractivity contribution in [1.82, 2.24) is 5.32 Å². The van der Waals surface area contributed by atoms with E-state index in [9.17, 15) is 5.26 Å². The number of hydrogen-bond donors (Lipinski definition) is 1. The van der Waals surface area contributed by atoms with Crippen LogP contribution in [0.15, 0.2) is 24.3 Å². The zero-order chi connectivity index (χ0) is 12.3. The molecule has 1 aromatic carbocycles. The van der Waals surface area contributed by atoms with Crippen molar-refractivity contribution in [3.05, 3.63) is 35.4 Å². The van der Waals surface area contributed by atoms with E-state index >= 15 is 0 Å².